The molecule has 178 valence electrons. The van der Waals surface area contributed by atoms with E-state index in [-0.39, 0.29) is 36.7 Å². The van der Waals surface area contributed by atoms with Crippen molar-refractivity contribution in [3.8, 4) is 0 Å². The number of hydrogen-bond donors (Lipinski definition) is 3. The summed E-state index contributed by atoms with van der Waals surface area (Å²) in [6.07, 6.45) is 3.02. The lowest BCUT2D eigenvalue weighted by atomic mass is 10.1. The Balaban J connectivity index is 0.00000385. The summed E-state index contributed by atoms with van der Waals surface area (Å²) >= 11 is 0. The molecule has 0 amide bonds. The van der Waals surface area contributed by atoms with Crippen molar-refractivity contribution in [3.05, 3.63) is 89.7 Å². The molecule has 3 rings (SSSR count). The van der Waals surface area contributed by atoms with E-state index in [1.165, 1.54) is 5.56 Å². The smallest absolute Gasteiger partial charge is 0.191 e. The number of benzene rings is 2. The maximum atomic E-state index is 10.4. The highest BCUT2D eigenvalue weighted by molar-refractivity contribution is 14.0. The number of aliphatic hydroxyl groups excluding tert-OH is 1. The van der Waals surface area contributed by atoms with Crippen molar-refractivity contribution in [2.45, 2.75) is 39.1 Å². The van der Waals surface area contributed by atoms with Gasteiger partial charge in [0.05, 0.1) is 31.9 Å². The molecule has 3 aromatic rings. The van der Waals surface area contributed by atoms with Crippen LogP contribution in [-0.2, 0) is 17.8 Å². The standard InChI is InChI=1S/C25H33N5O2.HI/c1-3-26-25(28-17-24(31)19-32-20(2)21-10-5-4-6-11-21)27-16-22-12-7-8-13-23(22)18-30-15-9-14-29-30;/h4-15,20,24,31H,3,16-19H2,1-2H3,(H2,26,27,28);1H. The molecule has 0 bridgehead atoms. The molecule has 2 atom stereocenters. The minimum Gasteiger partial charge on any atom is -0.389 e. The summed E-state index contributed by atoms with van der Waals surface area (Å²) in [6, 6.07) is 20.1. The van der Waals surface area contributed by atoms with E-state index in [0.29, 0.717) is 25.6 Å². The van der Waals surface area contributed by atoms with Crippen LogP contribution in [0.4, 0.5) is 0 Å². The van der Waals surface area contributed by atoms with E-state index in [0.717, 1.165) is 17.7 Å². The van der Waals surface area contributed by atoms with Crippen molar-refractivity contribution >= 4 is 29.9 Å². The van der Waals surface area contributed by atoms with Gasteiger partial charge < -0.3 is 20.5 Å². The Morgan fingerprint density at radius 1 is 1.06 bits per heavy atom. The monoisotopic (exact) mass is 563 g/mol. The third-order valence-electron chi connectivity index (χ3n) is 5.07. The molecule has 0 saturated carbocycles. The quantitative estimate of drug-likeness (QED) is 0.188. The SMILES string of the molecule is CCNC(=NCc1ccccc1Cn1cccn1)NCC(O)COC(C)c1ccccc1.I. The zero-order chi connectivity index (χ0) is 22.6. The van der Waals surface area contributed by atoms with E-state index in [4.69, 9.17) is 9.73 Å². The lowest BCUT2D eigenvalue weighted by molar-refractivity contribution is -0.000599. The van der Waals surface area contributed by atoms with Crippen LogP contribution in [0.15, 0.2) is 78.0 Å². The van der Waals surface area contributed by atoms with Gasteiger partial charge in [-0.25, -0.2) is 4.99 Å². The zero-order valence-corrected chi connectivity index (χ0v) is 21.6. The fourth-order valence-corrected chi connectivity index (χ4v) is 3.29. The largest absolute Gasteiger partial charge is 0.389 e. The molecule has 1 heterocycles. The van der Waals surface area contributed by atoms with Crippen LogP contribution in [0.3, 0.4) is 0 Å². The normalized spacial score (nSPS) is 13.1. The Hall–Kier alpha value is -2.43. The second-order valence-corrected chi connectivity index (χ2v) is 7.59. The highest BCUT2D eigenvalue weighted by atomic mass is 127. The molecule has 2 unspecified atom stereocenters. The average Bonchev–Trinajstić information content (AvgIpc) is 3.34. The predicted molar refractivity (Wildman–Crippen MR) is 143 cm³/mol. The van der Waals surface area contributed by atoms with E-state index in [1.54, 1.807) is 6.20 Å². The minimum absolute atomic E-state index is 0. The number of aliphatic hydroxyl groups is 1. The zero-order valence-electron chi connectivity index (χ0n) is 19.2. The van der Waals surface area contributed by atoms with Crippen molar-refractivity contribution in [2.24, 2.45) is 4.99 Å². The summed E-state index contributed by atoms with van der Waals surface area (Å²) in [6.45, 7) is 6.57. The van der Waals surface area contributed by atoms with Crippen molar-refractivity contribution in [1.82, 2.24) is 20.4 Å². The number of rotatable bonds is 11. The van der Waals surface area contributed by atoms with Gasteiger partial charge in [0.25, 0.3) is 0 Å². The van der Waals surface area contributed by atoms with Crippen LogP contribution in [-0.4, -0.2) is 46.6 Å². The Morgan fingerprint density at radius 3 is 2.48 bits per heavy atom. The second kappa shape index (κ2) is 14.7. The molecule has 2 aromatic carbocycles. The minimum atomic E-state index is -0.642. The lowest BCUT2D eigenvalue weighted by Gasteiger charge is -2.18. The van der Waals surface area contributed by atoms with Crippen molar-refractivity contribution < 1.29 is 9.84 Å². The van der Waals surface area contributed by atoms with E-state index < -0.39 is 6.10 Å². The average molecular weight is 563 g/mol. The number of aromatic nitrogens is 2. The molecule has 8 heteroatoms. The van der Waals surface area contributed by atoms with E-state index in [9.17, 15) is 5.11 Å². The Labute approximate surface area is 213 Å². The van der Waals surface area contributed by atoms with Crippen LogP contribution in [0, 0.1) is 0 Å². The number of guanidine groups is 1. The molecule has 0 fully saturated rings. The number of halogens is 1. The summed E-state index contributed by atoms with van der Waals surface area (Å²) in [4.78, 5) is 4.70. The third-order valence-corrected chi connectivity index (χ3v) is 5.07. The first-order chi connectivity index (χ1) is 15.7. The van der Waals surface area contributed by atoms with Gasteiger partial charge in [-0.3, -0.25) is 4.68 Å². The van der Waals surface area contributed by atoms with Gasteiger partial charge in [-0.15, -0.1) is 24.0 Å². The fraction of sp³-hybridized carbons (Fsp3) is 0.360. The van der Waals surface area contributed by atoms with Crippen molar-refractivity contribution in [1.29, 1.82) is 0 Å². The molecule has 7 nitrogen and oxygen atoms in total. The molecule has 0 aliphatic carbocycles. The number of ether oxygens (including phenoxy) is 1. The molecule has 0 radical (unpaired) electrons. The molecule has 0 aliphatic heterocycles. The van der Waals surface area contributed by atoms with Gasteiger partial charge in [-0.05, 0) is 36.6 Å². The lowest BCUT2D eigenvalue weighted by Crippen LogP contribution is -2.42. The summed E-state index contributed by atoms with van der Waals surface area (Å²) in [5.41, 5.74) is 3.41. The first-order valence-corrected chi connectivity index (χ1v) is 11.1. The maximum Gasteiger partial charge on any atom is 0.191 e. The highest BCUT2D eigenvalue weighted by Crippen LogP contribution is 2.16. The van der Waals surface area contributed by atoms with E-state index >= 15 is 0 Å². The van der Waals surface area contributed by atoms with Crippen LogP contribution in [0.25, 0.3) is 0 Å². The van der Waals surface area contributed by atoms with Gasteiger partial charge >= 0.3 is 0 Å². The summed E-state index contributed by atoms with van der Waals surface area (Å²) in [7, 11) is 0. The maximum absolute atomic E-state index is 10.4. The number of hydrogen-bond acceptors (Lipinski definition) is 4. The van der Waals surface area contributed by atoms with Gasteiger partial charge in [-0.2, -0.15) is 5.10 Å². The van der Waals surface area contributed by atoms with E-state index in [1.807, 2.05) is 73.3 Å². The Bertz CT molecular complexity index is 950. The number of nitrogens with zero attached hydrogens (tertiary/aromatic N) is 3. The summed E-state index contributed by atoms with van der Waals surface area (Å²) < 4.78 is 7.72. The fourth-order valence-electron chi connectivity index (χ4n) is 3.29. The predicted octanol–water partition coefficient (Wildman–Crippen LogP) is 3.74. The van der Waals surface area contributed by atoms with Gasteiger partial charge in [0.1, 0.15) is 0 Å². The molecule has 33 heavy (non-hydrogen) atoms. The molecule has 0 spiro atoms. The Kier molecular flexibility index (Phi) is 11.9. The van der Waals surface area contributed by atoms with Crippen LogP contribution in [0.5, 0.6) is 0 Å². The topological polar surface area (TPSA) is 83.7 Å². The number of aliphatic imine (C=N–C) groups is 1. The Morgan fingerprint density at radius 2 is 1.79 bits per heavy atom. The van der Waals surface area contributed by atoms with Gasteiger partial charge in [0.2, 0.25) is 0 Å². The number of nitrogens with one attached hydrogen (secondary N) is 2. The van der Waals surface area contributed by atoms with Crippen LogP contribution < -0.4 is 10.6 Å². The first kappa shape index (κ1) is 26.8. The molecule has 3 N–H and O–H groups in total. The van der Waals surface area contributed by atoms with Crippen LogP contribution >= 0.6 is 24.0 Å². The van der Waals surface area contributed by atoms with Gasteiger partial charge in [0.15, 0.2) is 5.96 Å². The molecular weight excluding hydrogens is 529 g/mol. The molecule has 1 aromatic heterocycles. The van der Waals surface area contributed by atoms with Crippen molar-refractivity contribution in [2.75, 3.05) is 19.7 Å². The molecule has 0 saturated heterocycles. The van der Waals surface area contributed by atoms with Gasteiger partial charge in [-0.1, -0.05) is 54.6 Å². The first-order valence-electron chi connectivity index (χ1n) is 11.1. The highest BCUT2D eigenvalue weighted by Gasteiger charge is 2.11. The van der Waals surface area contributed by atoms with E-state index in [2.05, 4.69) is 27.9 Å². The van der Waals surface area contributed by atoms with Gasteiger partial charge in [0, 0.05) is 25.5 Å². The van der Waals surface area contributed by atoms with Crippen LogP contribution in [0.2, 0.25) is 0 Å². The van der Waals surface area contributed by atoms with Crippen molar-refractivity contribution in [3.63, 3.8) is 0 Å². The third kappa shape index (κ3) is 9.15. The summed E-state index contributed by atoms with van der Waals surface area (Å²) in [5, 5.41) is 21.1. The summed E-state index contributed by atoms with van der Waals surface area (Å²) in [5.74, 6) is 0.663. The second-order valence-electron chi connectivity index (χ2n) is 7.59. The molecular formula is C25H34IN5O2. The van der Waals surface area contributed by atoms with Crippen LogP contribution in [0.1, 0.15) is 36.6 Å². The molecule has 0 aliphatic rings.